The van der Waals surface area contributed by atoms with Crippen LogP contribution in [0.4, 0.5) is 0 Å². The third-order valence-electron chi connectivity index (χ3n) is 3.19. The van der Waals surface area contributed by atoms with Crippen LogP contribution < -0.4 is 0 Å². The number of ketones is 1. The van der Waals surface area contributed by atoms with Gasteiger partial charge in [-0.1, -0.05) is 18.2 Å². The monoisotopic (exact) mass is 267 g/mol. The van der Waals surface area contributed by atoms with E-state index in [2.05, 4.69) is 4.98 Å². The van der Waals surface area contributed by atoms with Gasteiger partial charge in [0.2, 0.25) is 0 Å². The lowest BCUT2D eigenvalue weighted by molar-refractivity contribution is 0.104. The highest BCUT2D eigenvalue weighted by Crippen LogP contribution is 2.22. The van der Waals surface area contributed by atoms with Crippen LogP contribution in [0.2, 0.25) is 0 Å². The summed E-state index contributed by atoms with van der Waals surface area (Å²) in [5.74, 6) is 0.0603. The van der Waals surface area contributed by atoms with Gasteiger partial charge < -0.3 is 4.98 Å². The number of hydrogen-bond acceptors (Lipinski definition) is 2. The smallest absolute Gasteiger partial charge is 0.195 e. The maximum atomic E-state index is 12.5. The van der Waals surface area contributed by atoms with Crippen molar-refractivity contribution in [2.24, 2.45) is 0 Å². The molecule has 0 bridgehead atoms. The molecule has 0 unspecified atom stereocenters. The lowest BCUT2D eigenvalue weighted by atomic mass is 10.0. The molecular formula is C16H13NOS. The Labute approximate surface area is 115 Å². The second kappa shape index (κ2) is 4.94. The SMILES string of the molecule is CSc1ccc(C(=O)c2c[nH]c3ccccc23)cc1. The van der Waals surface area contributed by atoms with Crippen molar-refractivity contribution >= 4 is 28.4 Å². The maximum absolute atomic E-state index is 12.5. The van der Waals surface area contributed by atoms with Crippen LogP contribution in [-0.4, -0.2) is 17.0 Å². The summed E-state index contributed by atoms with van der Waals surface area (Å²) >= 11 is 1.67. The first kappa shape index (κ1) is 12.1. The van der Waals surface area contributed by atoms with E-state index in [1.807, 2.05) is 54.8 Å². The fraction of sp³-hybridized carbons (Fsp3) is 0.0625. The first-order valence-corrected chi connectivity index (χ1v) is 7.27. The summed E-state index contributed by atoms with van der Waals surface area (Å²) in [6.07, 6.45) is 3.81. The lowest BCUT2D eigenvalue weighted by Crippen LogP contribution is -1.99. The zero-order chi connectivity index (χ0) is 13.2. The van der Waals surface area contributed by atoms with E-state index in [-0.39, 0.29) is 5.78 Å². The third kappa shape index (κ3) is 2.17. The maximum Gasteiger partial charge on any atom is 0.195 e. The predicted octanol–water partition coefficient (Wildman–Crippen LogP) is 4.12. The van der Waals surface area contributed by atoms with Gasteiger partial charge in [0.1, 0.15) is 0 Å². The average Bonchev–Trinajstić information content (AvgIpc) is 2.90. The summed E-state index contributed by atoms with van der Waals surface area (Å²) in [5.41, 5.74) is 2.45. The molecule has 0 spiro atoms. The molecule has 0 aliphatic rings. The number of H-pyrrole nitrogens is 1. The van der Waals surface area contributed by atoms with Crippen molar-refractivity contribution in [1.29, 1.82) is 0 Å². The first-order chi connectivity index (χ1) is 9.29. The van der Waals surface area contributed by atoms with Gasteiger partial charge in [-0.2, -0.15) is 0 Å². The molecule has 0 aliphatic heterocycles. The molecule has 0 fully saturated rings. The minimum absolute atomic E-state index is 0.0603. The number of carbonyl (C=O) groups excluding carboxylic acids is 1. The molecule has 1 aromatic heterocycles. The second-order valence-corrected chi connectivity index (χ2v) is 5.19. The molecule has 19 heavy (non-hydrogen) atoms. The van der Waals surface area contributed by atoms with E-state index in [9.17, 15) is 4.79 Å². The summed E-state index contributed by atoms with van der Waals surface area (Å²) < 4.78 is 0. The molecule has 94 valence electrons. The highest BCUT2D eigenvalue weighted by Gasteiger charge is 2.13. The fourth-order valence-electron chi connectivity index (χ4n) is 2.16. The molecule has 0 saturated carbocycles. The van der Waals surface area contributed by atoms with E-state index in [4.69, 9.17) is 0 Å². The number of aromatic amines is 1. The van der Waals surface area contributed by atoms with Crippen LogP contribution in [-0.2, 0) is 0 Å². The number of rotatable bonds is 3. The summed E-state index contributed by atoms with van der Waals surface area (Å²) in [6, 6.07) is 15.6. The zero-order valence-electron chi connectivity index (χ0n) is 10.5. The van der Waals surface area contributed by atoms with Crippen molar-refractivity contribution in [3.05, 3.63) is 65.9 Å². The zero-order valence-corrected chi connectivity index (χ0v) is 11.3. The molecule has 2 nitrogen and oxygen atoms in total. The molecule has 1 heterocycles. The molecule has 2 aromatic carbocycles. The van der Waals surface area contributed by atoms with Crippen LogP contribution in [0, 0.1) is 0 Å². The van der Waals surface area contributed by atoms with E-state index >= 15 is 0 Å². The average molecular weight is 267 g/mol. The van der Waals surface area contributed by atoms with Crippen molar-refractivity contribution in [2.75, 3.05) is 6.26 Å². The van der Waals surface area contributed by atoms with Crippen LogP contribution in [0.15, 0.2) is 59.6 Å². The number of fused-ring (bicyclic) bond motifs is 1. The Morgan fingerprint density at radius 3 is 2.53 bits per heavy atom. The van der Waals surface area contributed by atoms with Gasteiger partial charge in [0.25, 0.3) is 0 Å². The van der Waals surface area contributed by atoms with Crippen LogP contribution in [0.5, 0.6) is 0 Å². The number of carbonyl (C=O) groups is 1. The molecule has 3 aromatic rings. The molecule has 0 amide bonds. The van der Waals surface area contributed by atoms with Crippen molar-refractivity contribution in [2.45, 2.75) is 4.90 Å². The van der Waals surface area contributed by atoms with Gasteiger partial charge in [0, 0.05) is 33.1 Å². The van der Waals surface area contributed by atoms with Gasteiger partial charge >= 0.3 is 0 Å². The van der Waals surface area contributed by atoms with E-state index < -0.39 is 0 Å². The number of hydrogen-bond donors (Lipinski definition) is 1. The highest BCUT2D eigenvalue weighted by molar-refractivity contribution is 7.98. The first-order valence-electron chi connectivity index (χ1n) is 6.04. The Kier molecular flexibility index (Phi) is 3.13. The molecule has 3 rings (SSSR count). The van der Waals surface area contributed by atoms with Gasteiger partial charge in [0.05, 0.1) is 0 Å². The Morgan fingerprint density at radius 2 is 1.79 bits per heavy atom. The minimum Gasteiger partial charge on any atom is -0.360 e. The van der Waals surface area contributed by atoms with E-state index in [1.165, 1.54) is 0 Å². The Morgan fingerprint density at radius 1 is 1.05 bits per heavy atom. The molecule has 0 atom stereocenters. The fourth-order valence-corrected chi connectivity index (χ4v) is 2.57. The summed E-state index contributed by atoms with van der Waals surface area (Å²) in [6.45, 7) is 0. The second-order valence-electron chi connectivity index (χ2n) is 4.31. The van der Waals surface area contributed by atoms with Gasteiger partial charge in [0.15, 0.2) is 5.78 Å². The number of benzene rings is 2. The Bertz CT molecular complexity index is 728. The minimum atomic E-state index is 0.0603. The largest absolute Gasteiger partial charge is 0.360 e. The predicted molar refractivity (Wildman–Crippen MR) is 80.0 cm³/mol. The van der Waals surface area contributed by atoms with Gasteiger partial charge in [-0.3, -0.25) is 4.79 Å². The van der Waals surface area contributed by atoms with E-state index in [0.717, 1.165) is 26.9 Å². The van der Waals surface area contributed by atoms with Crippen LogP contribution in [0.3, 0.4) is 0 Å². The van der Waals surface area contributed by atoms with Crippen molar-refractivity contribution < 1.29 is 4.79 Å². The van der Waals surface area contributed by atoms with Crippen LogP contribution >= 0.6 is 11.8 Å². The van der Waals surface area contributed by atoms with Gasteiger partial charge in [-0.15, -0.1) is 11.8 Å². The van der Waals surface area contributed by atoms with Gasteiger partial charge in [-0.25, -0.2) is 0 Å². The lowest BCUT2D eigenvalue weighted by Gasteiger charge is -2.01. The third-order valence-corrected chi connectivity index (χ3v) is 3.93. The molecule has 1 N–H and O–H groups in total. The summed E-state index contributed by atoms with van der Waals surface area (Å²) in [7, 11) is 0. The standard InChI is InChI=1S/C16H13NOS/c1-19-12-8-6-11(7-9-12)16(18)14-10-17-15-5-3-2-4-13(14)15/h2-10,17H,1H3. The number of thioether (sulfide) groups is 1. The quantitative estimate of drug-likeness (QED) is 0.572. The van der Waals surface area contributed by atoms with Crippen LogP contribution in [0.25, 0.3) is 10.9 Å². The number of para-hydroxylation sites is 1. The van der Waals surface area contributed by atoms with Crippen molar-refractivity contribution in [3.8, 4) is 0 Å². The number of nitrogens with one attached hydrogen (secondary N) is 1. The van der Waals surface area contributed by atoms with Gasteiger partial charge in [-0.05, 0) is 36.6 Å². The topological polar surface area (TPSA) is 32.9 Å². The summed E-state index contributed by atoms with van der Waals surface area (Å²) in [4.78, 5) is 16.8. The molecule has 0 aliphatic carbocycles. The Hall–Kier alpha value is -2.00. The molecule has 3 heteroatoms. The number of aromatic nitrogens is 1. The van der Waals surface area contributed by atoms with E-state index in [0.29, 0.717) is 0 Å². The van der Waals surface area contributed by atoms with Crippen LogP contribution in [0.1, 0.15) is 15.9 Å². The normalized spacial score (nSPS) is 10.8. The molecule has 0 radical (unpaired) electrons. The highest BCUT2D eigenvalue weighted by atomic mass is 32.2. The Balaban J connectivity index is 2.03. The van der Waals surface area contributed by atoms with Crippen molar-refractivity contribution in [1.82, 2.24) is 4.98 Å². The summed E-state index contributed by atoms with van der Waals surface area (Å²) in [5, 5.41) is 0.974. The molecule has 0 saturated heterocycles. The molecular weight excluding hydrogens is 254 g/mol. The van der Waals surface area contributed by atoms with Crippen molar-refractivity contribution in [3.63, 3.8) is 0 Å². The van der Waals surface area contributed by atoms with E-state index in [1.54, 1.807) is 18.0 Å².